The van der Waals surface area contributed by atoms with Crippen LogP contribution in [-0.4, -0.2) is 36.5 Å². The molecule has 0 aromatic heterocycles. The minimum Gasteiger partial charge on any atom is -0.393 e. The van der Waals surface area contributed by atoms with Crippen LogP contribution in [0.25, 0.3) is 0 Å². The molecule has 2 aromatic rings. The summed E-state index contributed by atoms with van der Waals surface area (Å²) in [5.41, 5.74) is 2.79. The third-order valence-electron chi connectivity index (χ3n) is 5.48. The lowest BCUT2D eigenvalue weighted by atomic mass is 9.93. The standard InChI is InChI=1S/C24H34N2O3S/c1-19(2)16-26(30(28,29)18-21-7-4-3-5-8-21)17-20-11-13-22(14-12-20)25-23-9-6-10-24(27)15-23/h3-5,7-8,11-14,19,23-25,27H,6,9-10,15-18H2,1-2H3/t23-,24-/m0/s1. The van der Waals surface area contributed by atoms with E-state index in [1.54, 1.807) is 4.31 Å². The van der Waals surface area contributed by atoms with E-state index in [0.717, 1.165) is 42.5 Å². The third-order valence-corrected chi connectivity index (χ3v) is 7.25. The molecule has 6 heteroatoms. The second-order valence-electron chi connectivity index (χ2n) is 8.79. The quantitative estimate of drug-likeness (QED) is 0.619. The fourth-order valence-corrected chi connectivity index (χ4v) is 5.67. The van der Waals surface area contributed by atoms with Gasteiger partial charge in [0, 0.05) is 24.8 Å². The van der Waals surface area contributed by atoms with Crippen LogP contribution in [-0.2, 0) is 22.3 Å². The minimum absolute atomic E-state index is 0.0181. The highest BCUT2D eigenvalue weighted by atomic mass is 32.2. The Balaban J connectivity index is 1.67. The summed E-state index contributed by atoms with van der Waals surface area (Å²) in [4.78, 5) is 0. The van der Waals surface area contributed by atoms with Crippen molar-refractivity contribution in [2.45, 2.75) is 64.0 Å². The van der Waals surface area contributed by atoms with Gasteiger partial charge in [-0.2, -0.15) is 4.31 Å². The van der Waals surface area contributed by atoms with Gasteiger partial charge in [0.05, 0.1) is 11.9 Å². The van der Waals surface area contributed by atoms with Gasteiger partial charge in [0.25, 0.3) is 0 Å². The van der Waals surface area contributed by atoms with Gasteiger partial charge in [0.1, 0.15) is 0 Å². The Morgan fingerprint density at radius 3 is 2.37 bits per heavy atom. The Labute approximate surface area is 181 Å². The molecule has 0 saturated heterocycles. The molecule has 3 rings (SSSR count). The SMILES string of the molecule is CC(C)CN(Cc1ccc(N[C@H]2CCC[C@H](O)C2)cc1)S(=O)(=O)Cc1ccccc1. The van der Waals surface area contributed by atoms with Crippen LogP contribution in [0.15, 0.2) is 54.6 Å². The van der Waals surface area contributed by atoms with Gasteiger partial charge in [-0.25, -0.2) is 8.42 Å². The second-order valence-corrected chi connectivity index (χ2v) is 10.8. The van der Waals surface area contributed by atoms with Gasteiger partial charge in [0.2, 0.25) is 10.0 Å². The maximum absolute atomic E-state index is 13.1. The van der Waals surface area contributed by atoms with Crippen molar-refractivity contribution in [3.05, 3.63) is 65.7 Å². The third kappa shape index (κ3) is 6.83. The maximum atomic E-state index is 13.1. The molecule has 2 aromatic carbocycles. The van der Waals surface area contributed by atoms with E-state index in [4.69, 9.17) is 0 Å². The summed E-state index contributed by atoms with van der Waals surface area (Å²) in [5.74, 6) is 0.263. The number of aliphatic hydroxyl groups excluding tert-OH is 1. The molecule has 1 aliphatic carbocycles. The number of sulfonamides is 1. The predicted molar refractivity (Wildman–Crippen MR) is 123 cm³/mol. The number of benzene rings is 2. The fraction of sp³-hybridized carbons (Fsp3) is 0.500. The first kappa shape index (κ1) is 22.8. The minimum atomic E-state index is -3.42. The van der Waals surface area contributed by atoms with E-state index in [-0.39, 0.29) is 17.8 Å². The van der Waals surface area contributed by atoms with Gasteiger partial charge in [-0.3, -0.25) is 0 Å². The van der Waals surface area contributed by atoms with Crippen LogP contribution in [0.4, 0.5) is 5.69 Å². The molecule has 2 atom stereocenters. The highest BCUT2D eigenvalue weighted by Gasteiger charge is 2.24. The second kappa shape index (κ2) is 10.4. The van der Waals surface area contributed by atoms with Gasteiger partial charge in [-0.15, -0.1) is 0 Å². The molecular weight excluding hydrogens is 396 g/mol. The zero-order valence-corrected chi connectivity index (χ0v) is 18.8. The van der Waals surface area contributed by atoms with Crippen LogP contribution in [0.1, 0.15) is 50.7 Å². The summed E-state index contributed by atoms with van der Waals surface area (Å²) in [6, 6.07) is 17.6. The molecule has 1 saturated carbocycles. The summed E-state index contributed by atoms with van der Waals surface area (Å²) >= 11 is 0. The average molecular weight is 431 g/mol. The maximum Gasteiger partial charge on any atom is 0.218 e. The molecule has 0 aliphatic heterocycles. The molecule has 2 N–H and O–H groups in total. The van der Waals surface area contributed by atoms with Crippen LogP contribution in [0.5, 0.6) is 0 Å². The molecule has 30 heavy (non-hydrogen) atoms. The summed E-state index contributed by atoms with van der Waals surface area (Å²) in [6.07, 6.45) is 3.57. The number of rotatable bonds is 9. The number of nitrogens with zero attached hydrogens (tertiary/aromatic N) is 1. The number of nitrogens with one attached hydrogen (secondary N) is 1. The first-order valence-electron chi connectivity index (χ1n) is 10.9. The van der Waals surface area contributed by atoms with Crippen molar-refractivity contribution < 1.29 is 13.5 Å². The van der Waals surface area contributed by atoms with Crippen molar-refractivity contribution in [3.63, 3.8) is 0 Å². The van der Waals surface area contributed by atoms with Crippen LogP contribution < -0.4 is 5.32 Å². The number of hydrogen-bond acceptors (Lipinski definition) is 4. The first-order valence-corrected chi connectivity index (χ1v) is 12.5. The summed E-state index contributed by atoms with van der Waals surface area (Å²) < 4.78 is 27.8. The van der Waals surface area contributed by atoms with E-state index in [1.807, 2.05) is 68.4 Å². The van der Waals surface area contributed by atoms with Crippen molar-refractivity contribution >= 4 is 15.7 Å². The van der Waals surface area contributed by atoms with Crippen LogP contribution >= 0.6 is 0 Å². The lowest BCUT2D eigenvalue weighted by molar-refractivity contribution is 0.124. The van der Waals surface area contributed by atoms with Crippen LogP contribution in [0.3, 0.4) is 0 Å². The summed E-state index contributed by atoms with van der Waals surface area (Å²) in [5, 5.41) is 13.3. The van der Waals surface area contributed by atoms with Gasteiger partial charge in [-0.1, -0.05) is 56.3 Å². The molecule has 0 heterocycles. The fourth-order valence-electron chi connectivity index (χ4n) is 4.00. The molecular formula is C24H34N2O3S. The lowest BCUT2D eigenvalue weighted by Crippen LogP contribution is -2.34. The van der Waals surface area contributed by atoms with Crippen molar-refractivity contribution in [1.82, 2.24) is 4.31 Å². The van der Waals surface area contributed by atoms with Crippen molar-refractivity contribution in [3.8, 4) is 0 Å². The van der Waals surface area contributed by atoms with Crippen LogP contribution in [0.2, 0.25) is 0 Å². The van der Waals surface area contributed by atoms with Crippen LogP contribution in [0, 0.1) is 5.92 Å². The number of aliphatic hydroxyl groups is 1. The van der Waals surface area contributed by atoms with E-state index in [1.165, 1.54) is 0 Å². The molecule has 0 bridgehead atoms. The zero-order chi connectivity index (χ0) is 21.6. The molecule has 5 nitrogen and oxygen atoms in total. The van der Waals surface area contributed by atoms with Gasteiger partial charge < -0.3 is 10.4 Å². The van der Waals surface area contributed by atoms with Gasteiger partial charge in [-0.05, 0) is 54.9 Å². The summed E-state index contributed by atoms with van der Waals surface area (Å²) in [7, 11) is -3.42. The van der Waals surface area contributed by atoms with Crippen molar-refractivity contribution in [1.29, 1.82) is 0 Å². The van der Waals surface area contributed by atoms with E-state index in [9.17, 15) is 13.5 Å². The molecule has 0 amide bonds. The Morgan fingerprint density at radius 1 is 1.03 bits per heavy atom. The Hall–Kier alpha value is -1.89. The molecule has 0 spiro atoms. The van der Waals surface area contributed by atoms with E-state index in [0.29, 0.717) is 19.1 Å². The number of anilines is 1. The smallest absolute Gasteiger partial charge is 0.218 e. The Morgan fingerprint density at radius 2 is 1.73 bits per heavy atom. The van der Waals surface area contributed by atoms with Gasteiger partial charge >= 0.3 is 0 Å². The molecule has 0 radical (unpaired) electrons. The van der Waals surface area contributed by atoms with E-state index >= 15 is 0 Å². The molecule has 1 aliphatic rings. The lowest BCUT2D eigenvalue weighted by Gasteiger charge is -2.27. The van der Waals surface area contributed by atoms with Gasteiger partial charge in [0.15, 0.2) is 0 Å². The summed E-state index contributed by atoms with van der Waals surface area (Å²) in [6.45, 7) is 4.94. The molecule has 0 unspecified atom stereocenters. The average Bonchev–Trinajstić information content (AvgIpc) is 2.69. The molecule has 1 fully saturated rings. The Bertz CT molecular complexity index is 882. The van der Waals surface area contributed by atoms with Crippen molar-refractivity contribution in [2.75, 3.05) is 11.9 Å². The topological polar surface area (TPSA) is 69.6 Å². The zero-order valence-electron chi connectivity index (χ0n) is 18.0. The number of hydrogen-bond donors (Lipinski definition) is 2. The highest BCUT2D eigenvalue weighted by Crippen LogP contribution is 2.23. The van der Waals surface area contributed by atoms with E-state index < -0.39 is 10.0 Å². The van der Waals surface area contributed by atoms with Crippen molar-refractivity contribution in [2.24, 2.45) is 5.92 Å². The Kier molecular flexibility index (Phi) is 7.92. The first-order chi connectivity index (χ1) is 14.3. The normalized spacial score (nSPS) is 19.9. The molecule has 164 valence electrons. The predicted octanol–water partition coefficient (Wildman–Crippen LogP) is 4.39. The highest BCUT2D eigenvalue weighted by molar-refractivity contribution is 7.88. The largest absolute Gasteiger partial charge is 0.393 e. The van der Waals surface area contributed by atoms with E-state index in [2.05, 4.69) is 5.32 Å². The monoisotopic (exact) mass is 430 g/mol.